The zero-order valence-electron chi connectivity index (χ0n) is 14.1. The SMILES string of the molecule is CCCN(CCC)C(=O)C(C)(C)C(=O)Nc1ccc(Cl)c(Cl)c1. The van der Waals surface area contributed by atoms with Crippen LogP contribution in [0, 0.1) is 5.41 Å². The highest BCUT2D eigenvalue weighted by Gasteiger charge is 2.38. The largest absolute Gasteiger partial charge is 0.342 e. The maximum Gasteiger partial charge on any atom is 0.239 e. The summed E-state index contributed by atoms with van der Waals surface area (Å²) in [7, 11) is 0. The van der Waals surface area contributed by atoms with E-state index < -0.39 is 5.41 Å². The van der Waals surface area contributed by atoms with E-state index in [1.54, 1.807) is 36.9 Å². The van der Waals surface area contributed by atoms with Crippen molar-refractivity contribution in [3.8, 4) is 0 Å². The van der Waals surface area contributed by atoms with E-state index in [1.165, 1.54) is 0 Å². The van der Waals surface area contributed by atoms with Crippen molar-refractivity contribution < 1.29 is 9.59 Å². The molecule has 0 unspecified atom stereocenters. The van der Waals surface area contributed by atoms with Crippen LogP contribution in [0.1, 0.15) is 40.5 Å². The molecular weight excluding hydrogens is 335 g/mol. The lowest BCUT2D eigenvalue weighted by Crippen LogP contribution is -2.47. The first kappa shape index (κ1) is 19.8. The molecule has 0 saturated heterocycles. The third-order valence-corrected chi connectivity index (χ3v) is 4.29. The van der Waals surface area contributed by atoms with Crippen LogP contribution in [0.15, 0.2) is 18.2 Å². The van der Waals surface area contributed by atoms with E-state index in [1.807, 2.05) is 13.8 Å². The third-order valence-electron chi connectivity index (χ3n) is 3.55. The van der Waals surface area contributed by atoms with Gasteiger partial charge in [0, 0.05) is 18.8 Å². The fourth-order valence-corrected chi connectivity index (χ4v) is 2.51. The zero-order chi connectivity index (χ0) is 17.6. The smallest absolute Gasteiger partial charge is 0.239 e. The number of halogens is 2. The molecule has 2 amide bonds. The molecule has 1 aromatic rings. The first-order valence-electron chi connectivity index (χ1n) is 7.79. The summed E-state index contributed by atoms with van der Waals surface area (Å²) in [5.74, 6) is -0.531. The minimum Gasteiger partial charge on any atom is -0.342 e. The van der Waals surface area contributed by atoms with Crippen molar-refractivity contribution in [2.45, 2.75) is 40.5 Å². The van der Waals surface area contributed by atoms with Gasteiger partial charge in [0.25, 0.3) is 0 Å². The van der Waals surface area contributed by atoms with Crippen LogP contribution in [0.3, 0.4) is 0 Å². The number of carbonyl (C=O) groups is 2. The Kier molecular flexibility index (Phi) is 7.36. The molecule has 0 saturated carbocycles. The Morgan fingerprint density at radius 2 is 1.65 bits per heavy atom. The Labute approximate surface area is 148 Å². The third kappa shape index (κ3) is 5.11. The molecule has 0 bridgehead atoms. The van der Waals surface area contributed by atoms with Crippen LogP contribution >= 0.6 is 23.2 Å². The van der Waals surface area contributed by atoms with Gasteiger partial charge >= 0.3 is 0 Å². The van der Waals surface area contributed by atoms with Gasteiger partial charge in [-0.3, -0.25) is 9.59 Å². The van der Waals surface area contributed by atoms with Crippen LogP contribution in [0.25, 0.3) is 0 Å². The summed E-state index contributed by atoms with van der Waals surface area (Å²) in [4.78, 5) is 27.0. The molecule has 0 fully saturated rings. The summed E-state index contributed by atoms with van der Waals surface area (Å²) in [5, 5.41) is 3.51. The van der Waals surface area contributed by atoms with Crippen LogP contribution in [-0.2, 0) is 9.59 Å². The zero-order valence-corrected chi connectivity index (χ0v) is 15.6. The molecule has 0 radical (unpaired) electrons. The van der Waals surface area contributed by atoms with Crippen LogP contribution in [-0.4, -0.2) is 29.8 Å². The minimum atomic E-state index is -1.16. The fourth-order valence-electron chi connectivity index (χ4n) is 2.21. The molecule has 128 valence electrons. The van der Waals surface area contributed by atoms with Gasteiger partial charge in [-0.2, -0.15) is 0 Å². The first-order chi connectivity index (χ1) is 10.7. The number of carbonyl (C=O) groups excluding carboxylic acids is 2. The van der Waals surface area contributed by atoms with E-state index in [4.69, 9.17) is 23.2 Å². The van der Waals surface area contributed by atoms with Gasteiger partial charge in [-0.15, -0.1) is 0 Å². The number of hydrogen-bond donors (Lipinski definition) is 1. The Morgan fingerprint density at radius 3 is 2.13 bits per heavy atom. The summed E-state index contributed by atoms with van der Waals surface area (Å²) in [5.41, 5.74) is -0.640. The predicted octanol–water partition coefficient (Wildman–Crippen LogP) is 4.61. The number of benzene rings is 1. The van der Waals surface area contributed by atoms with E-state index in [-0.39, 0.29) is 11.8 Å². The van der Waals surface area contributed by atoms with Gasteiger partial charge in [0.15, 0.2) is 0 Å². The lowest BCUT2D eigenvalue weighted by molar-refractivity contribution is -0.146. The molecule has 1 rings (SSSR count). The normalized spacial score (nSPS) is 11.2. The summed E-state index contributed by atoms with van der Waals surface area (Å²) in [6, 6.07) is 4.83. The van der Waals surface area contributed by atoms with E-state index in [0.29, 0.717) is 28.8 Å². The molecule has 6 heteroatoms. The second-order valence-electron chi connectivity index (χ2n) is 6.00. The Hall–Kier alpha value is -1.26. The lowest BCUT2D eigenvalue weighted by atomic mass is 9.90. The molecule has 0 aliphatic carbocycles. The van der Waals surface area contributed by atoms with Crippen molar-refractivity contribution in [3.05, 3.63) is 28.2 Å². The molecule has 0 heterocycles. The van der Waals surface area contributed by atoms with Gasteiger partial charge in [-0.05, 0) is 44.9 Å². The number of rotatable bonds is 7. The van der Waals surface area contributed by atoms with Gasteiger partial charge < -0.3 is 10.2 Å². The monoisotopic (exact) mass is 358 g/mol. The highest BCUT2D eigenvalue weighted by atomic mass is 35.5. The second kappa shape index (κ2) is 8.55. The van der Waals surface area contributed by atoms with Crippen LogP contribution in [0.2, 0.25) is 10.0 Å². The molecule has 0 spiro atoms. The summed E-state index contributed by atoms with van der Waals surface area (Å²) in [6.07, 6.45) is 1.71. The number of anilines is 1. The van der Waals surface area contributed by atoms with Crippen molar-refractivity contribution in [1.29, 1.82) is 0 Å². The topological polar surface area (TPSA) is 49.4 Å². The average Bonchev–Trinajstić information content (AvgIpc) is 2.50. The van der Waals surface area contributed by atoms with Crippen molar-refractivity contribution in [2.75, 3.05) is 18.4 Å². The molecule has 0 aromatic heterocycles. The standard InChI is InChI=1S/C17H24Cl2N2O2/c1-5-9-21(10-6-2)16(23)17(3,4)15(22)20-12-7-8-13(18)14(19)11-12/h7-8,11H,5-6,9-10H2,1-4H3,(H,20,22). The van der Waals surface area contributed by atoms with Crippen molar-refractivity contribution in [3.63, 3.8) is 0 Å². The van der Waals surface area contributed by atoms with Gasteiger partial charge in [0.1, 0.15) is 5.41 Å². The highest BCUT2D eigenvalue weighted by Crippen LogP contribution is 2.27. The molecule has 0 atom stereocenters. The van der Waals surface area contributed by atoms with Crippen molar-refractivity contribution in [2.24, 2.45) is 5.41 Å². The molecule has 1 aromatic carbocycles. The average molecular weight is 359 g/mol. The van der Waals surface area contributed by atoms with E-state index in [2.05, 4.69) is 5.32 Å². The van der Waals surface area contributed by atoms with Crippen LogP contribution in [0.5, 0.6) is 0 Å². The van der Waals surface area contributed by atoms with Crippen molar-refractivity contribution in [1.82, 2.24) is 4.90 Å². The van der Waals surface area contributed by atoms with E-state index in [0.717, 1.165) is 12.8 Å². The molecule has 1 N–H and O–H groups in total. The number of amides is 2. The summed E-state index contributed by atoms with van der Waals surface area (Å²) >= 11 is 11.8. The Bertz CT molecular complexity index is 568. The fraction of sp³-hybridized carbons (Fsp3) is 0.529. The minimum absolute atomic E-state index is 0.168. The Balaban J connectivity index is 2.89. The van der Waals surface area contributed by atoms with Crippen LogP contribution < -0.4 is 5.32 Å². The molecule has 4 nitrogen and oxygen atoms in total. The number of nitrogens with one attached hydrogen (secondary N) is 1. The predicted molar refractivity (Wildman–Crippen MR) is 96.0 cm³/mol. The van der Waals surface area contributed by atoms with Gasteiger partial charge in [-0.25, -0.2) is 0 Å². The Morgan fingerprint density at radius 1 is 1.09 bits per heavy atom. The maximum atomic E-state index is 12.7. The molecule has 0 aliphatic rings. The number of nitrogens with zero attached hydrogens (tertiary/aromatic N) is 1. The number of hydrogen-bond acceptors (Lipinski definition) is 2. The maximum absolute atomic E-state index is 12.7. The molecule has 23 heavy (non-hydrogen) atoms. The quantitative estimate of drug-likeness (QED) is 0.723. The molecule has 0 aliphatic heterocycles. The summed E-state index contributed by atoms with van der Waals surface area (Å²) < 4.78 is 0. The lowest BCUT2D eigenvalue weighted by Gasteiger charge is -2.30. The van der Waals surface area contributed by atoms with Gasteiger partial charge in [0.05, 0.1) is 10.0 Å². The highest BCUT2D eigenvalue weighted by molar-refractivity contribution is 6.42. The van der Waals surface area contributed by atoms with E-state index in [9.17, 15) is 9.59 Å². The van der Waals surface area contributed by atoms with E-state index >= 15 is 0 Å². The second-order valence-corrected chi connectivity index (χ2v) is 6.81. The van der Waals surface area contributed by atoms with Gasteiger partial charge in [0.2, 0.25) is 11.8 Å². The van der Waals surface area contributed by atoms with Crippen LogP contribution in [0.4, 0.5) is 5.69 Å². The van der Waals surface area contributed by atoms with Gasteiger partial charge in [-0.1, -0.05) is 37.0 Å². The van der Waals surface area contributed by atoms with Crippen molar-refractivity contribution >= 4 is 40.7 Å². The first-order valence-corrected chi connectivity index (χ1v) is 8.55. The molecular formula is C17H24Cl2N2O2. The summed E-state index contributed by atoms with van der Waals surface area (Å²) in [6.45, 7) is 8.60.